The molecule has 0 aliphatic carbocycles. The van der Waals surface area contributed by atoms with Gasteiger partial charge >= 0.3 is 0 Å². The molecule has 0 bridgehead atoms. The van der Waals surface area contributed by atoms with Crippen molar-refractivity contribution in [3.63, 3.8) is 0 Å². The first-order valence-corrected chi connectivity index (χ1v) is 4.08. The summed E-state index contributed by atoms with van der Waals surface area (Å²) in [7, 11) is 1.67. The Labute approximate surface area is 73.1 Å². The van der Waals surface area contributed by atoms with E-state index in [4.69, 9.17) is 9.47 Å². The van der Waals surface area contributed by atoms with Gasteiger partial charge in [0.15, 0.2) is 0 Å². The number of hydrogen-bond acceptors (Lipinski definition) is 2. The number of methoxy groups -OCH3 is 1. The largest absolute Gasteiger partial charge is 0.496 e. The Morgan fingerprint density at radius 2 is 2.00 bits per heavy atom. The maximum Gasteiger partial charge on any atom is 0.124 e. The molecule has 1 aromatic rings. The van der Waals surface area contributed by atoms with Crippen molar-refractivity contribution >= 4 is 0 Å². The Bertz CT molecular complexity index is 233. The third-order valence-electron chi connectivity index (χ3n) is 1.65. The van der Waals surface area contributed by atoms with Gasteiger partial charge in [0, 0.05) is 12.2 Å². The summed E-state index contributed by atoms with van der Waals surface area (Å²) in [5.41, 5.74) is 1.10. The Morgan fingerprint density at radius 1 is 1.25 bits per heavy atom. The van der Waals surface area contributed by atoms with Crippen molar-refractivity contribution in [2.45, 2.75) is 13.5 Å². The van der Waals surface area contributed by atoms with Gasteiger partial charge in [-0.3, -0.25) is 0 Å². The zero-order valence-corrected chi connectivity index (χ0v) is 7.54. The lowest BCUT2D eigenvalue weighted by molar-refractivity contribution is 0.132. The smallest absolute Gasteiger partial charge is 0.124 e. The Morgan fingerprint density at radius 3 is 2.67 bits per heavy atom. The normalized spacial score (nSPS) is 9.83. The molecule has 0 amide bonds. The summed E-state index contributed by atoms with van der Waals surface area (Å²) in [4.78, 5) is 0. The minimum absolute atomic E-state index is 0.626. The lowest BCUT2D eigenvalue weighted by atomic mass is 10.2. The van der Waals surface area contributed by atoms with E-state index in [2.05, 4.69) is 0 Å². The number of ether oxygens (including phenoxy) is 2. The van der Waals surface area contributed by atoms with Crippen LogP contribution in [0.1, 0.15) is 12.5 Å². The van der Waals surface area contributed by atoms with E-state index in [0.29, 0.717) is 6.61 Å². The average Bonchev–Trinajstić information content (AvgIpc) is 2.15. The molecule has 66 valence electrons. The molecule has 0 N–H and O–H groups in total. The van der Waals surface area contributed by atoms with E-state index >= 15 is 0 Å². The van der Waals surface area contributed by atoms with Gasteiger partial charge in [-0.05, 0) is 13.0 Å². The molecule has 0 aromatic heterocycles. The molecule has 2 nitrogen and oxygen atoms in total. The second-order valence-corrected chi connectivity index (χ2v) is 2.45. The van der Waals surface area contributed by atoms with Crippen LogP contribution in [0.25, 0.3) is 0 Å². The van der Waals surface area contributed by atoms with Crippen LogP contribution >= 0.6 is 0 Å². The van der Waals surface area contributed by atoms with E-state index in [0.717, 1.165) is 17.9 Å². The summed E-state index contributed by atoms with van der Waals surface area (Å²) in [5, 5.41) is 0. The number of hydrogen-bond donors (Lipinski definition) is 0. The van der Waals surface area contributed by atoms with Crippen LogP contribution in [0.3, 0.4) is 0 Å². The van der Waals surface area contributed by atoms with Crippen LogP contribution in [0.5, 0.6) is 5.75 Å². The first-order valence-electron chi connectivity index (χ1n) is 4.08. The summed E-state index contributed by atoms with van der Waals surface area (Å²) in [6.07, 6.45) is 0. The molecule has 1 rings (SSSR count). The fraction of sp³-hybridized carbons (Fsp3) is 0.400. The molecule has 0 atom stereocenters. The zero-order chi connectivity index (χ0) is 8.81. The van der Waals surface area contributed by atoms with Crippen LogP contribution in [0.4, 0.5) is 0 Å². The molecule has 0 saturated heterocycles. The van der Waals surface area contributed by atoms with Crippen LogP contribution < -0.4 is 4.74 Å². The third-order valence-corrected chi connectivity index (χ3v) is 1.65. The highest BCUT2D eigenvalue weighted by atomic mass is 16.5. The average molecular weight is 166 g/mol. The Kier molecular flexibility index (Phi) is 3.61. The summed E-state index contributed by atoms with van der Waals surface area (Å²) in [6, 6.07) is 7.88. The van der Waals surface area contributed by atoms with Crippen molar-refractivity contribution in [1.29, 1.82) is 0 Å². The summed E-state index contributed by atoms with van der Waals surface area (Å²) in [6.45, 7) is 3.34. The van der Waals surface area contributed by atoms with Gasteiger partial charge in [-0.2, -0.15) is 0 Å². The number of benzene rings is 1. The molecular weight excluding hydrogens is 152 g/mol. The highest BCUT2D eigenvalue weighted by Crippen LogP contribution is 2.17. The van der Waals surface area contributed by atoms with E-state index in [9.17, 15) is 0 Å². The topological polar surface area (TPSA) is 18.5 Å². The molecule has 0 saturated carbocycles. The second-order valence-electron chi connectivity index (χ2n) is 2.45. The van der Waals surface area contributed by atoms with Gasteiger partial charge in [-0.25, -0.2) is 0 Å². The molecule has 0 unspecified atom stereocenters. The predicted octanol–water partition coefficient (Wildman–Crippen LogP) is 2.23. The van der Waals surface area contributed by atoms with Crippen LogP contribution in [0, 0.1) is 0 Å². The van der Waals surface area contributed by atoms with E-state index in [1.54, 1.807) is 7.11 Å². The minimum Gasteiger partial charge on any atom is -0.496 e. The Hall–Kier alpha value is -1.02. The molecule has 12 heavy (non-hydrogen) atoms. The van der Waals surface area contributed by atoms with Gasteiger partial charge < -0.3 is 9.47 Å². The molecule has 0 radical (unpaired) electrons. The lowest BCUT2D eigenvalue weighted by Gasteiger charge is -2.06. The van der Waals surface area contributed by atoms with Crippen molar-refractivity contribution in [2.24, 2.45) is 0 Å². The summed E-state index contributed by atoms with van der Waals surface area (Å²) in [5.74, 6) is 0.894. The van der Waals surface area contributed by atoms with E-state index in [-0.39, 0.29) is 0 Å². The predicted molar refractivity (Wildman–Crippen MR) is 48.3 cm³/mol. The number of rotatable bonds is 4. The van der Waals surface area contributed by atoms with Crippen LogP contribution in [-0.4, -0.2) is 13.7 Å². The van der Waals surface area contributed by atoms with E-state index in [1.807, 2.05) is 31.2 Å². The van der Waals surface area contributed by atoms with Crippen LogP contribution in [0.2, 0.25) is 0 Å². The first-order chi connectivity index (χ1) is 5.88. The van der Waals surface area contributed by atoms with Crippen LogP contribution in [-0.2, 0) is 11.3 Å². The SMILES string of the molecule is CCOCc1ccccc1OC. The van der Waals surface area contributed by atoms with Crippen molar-refractivity contribution in [2.75, 3.05) is 13.7 Å². The minimum atomic E-state index is 0.626. The monoisotopic (exact) mass is 166 g/mol. The maximum absolute atomic E-state index is 5.28. The highest BCUT2D eigenvalue weighted by Gasteiger charge is 1.99. The van der Waals surface area contributed by atoms with E-state index in [1.165, 1.54) is 0 Å². The van der Waals surface area contributed by atoms with Gasteiger partial charge in [0.1, 0.15) is 5.75 Å². The highest BCUT2D eigenvalue weighted by molar-refractivity contribution is 5.32. The van der Waals surface area contributed by atoms with Gasteiger partial charge in [-0.15, -0.1) is 0 Å². The molecular formula is C10H14O2. The van der Waals surface area contributed by atoms with Crippen molar-refractivity contribution in [1.82, 2.24) is 0 Å². The molecule has 0 aliphatic heterocycles. The van der Waals surface area contributed by atoms with Gasteiger partial charge in [0.05, 0.1) is 13.7 Å². The van der Waals surface area contributed by atoms with E-state index < -0.39 is 0 Å². The van der Waals surface area contributed by atoms with Crippen molar-refractivity contribution in [3.05, 3.63) is 29.8 Å². The Balaban J connectivity index is 2.68. The summed E-state index contributed by atoms with van der Waals surface area (Å²) < 4.78 is 10.4. The lowest BCUT2D eigenvalue weighted by Crippen LogP contribution is -1.95. The fourth-order valence-electron chi connectivity index (χ4n) is 1.03. The first kappa shape index (κ1) is 9.07. The molecule has 2 heteroatoms. The standard InChI is InChI=1S/C10H14O2/c1-3-12-8-9-6-4-5-7-10(9)11-2/h4-7H,3,8H2,1-2H3. The van der Waals surface area contributed by atoms with Gasteiger partial charge in [-0.1, -0.05) is 18.2 Å². The maximum atomic E-state index is 5.28. The molecule has 0 aliphatic rings. The fourth-order valence-corrected chi connectivity index (χ4v) is 1.03. The van der Waals surface area contributed by atoms with Crippen LogP contribution in [0.15, 0.2) is 24.3 Å². The second kappa shape index (κ2) is 4.78. The molecule has 1 aromatic carbocycles. The quantitative estimate of drug-likeness (QED) is 0.683. The third kappa shape index (κ3) is 2.24. The zero-order valence-electron chi connectivity index (χ0n) is 7.54. The van der Waals surface area contributed by atoms with Crippen molar-refractivity contribution < 1.29 is 9.47 Å². The summed E-state index contributed by atoms with van der Waals surface area (Å²) >= 11 is 0. The molecule has 0 heterocycles. The molecule has 0 spiro atoms. The molecule has 0 fully saturated rings. The van der Waals surface area contributed by atoms with Crippen molar-refractivity contribution in [3.8, 4) is 5.75 Å². The number of para-hydroxylation sites is 1. The van der Waals surface area contributed by atoms with Gasteiger partial charge in [0.25, 0.3) is 0 Å². The van der Waals surface area contributed by atoms with Gasteiger partial charge in [0.2, 0.25) is 0 Å².